The van der Waals surface area contributed by atoms with E-state index < -0.39 is 28.7 Å². The Hall–Kier alpha value is -4.16. The maximum atomic E-state index is 13.5. The Morgan fingerprint density at radius 2 is 1.72 bits per heavy atom. The van der Waals surface area contributed by atoms with Gasteiger partial charge in [-0.25, -0.2) is 18.3 Å². The summed E-state index contributed by atoms with van der Waals surface area (Å²) in [5, 5.41) is 10.0. The van der Waals surface area contributed by atoms with E-state index >= 15 is 0 Å². The Bertz CT molecular complexity index is 1640. The van der Waals surface area contributed by atoms with Gasteiger partial charge < -0.3 is 4.98 Å². The van der Waals surface area contributed by atoms with Crippen LogP contribution in [0.2, 0.25) is 0 Å². The lowest BCUT2D eigenvalue weighted by molar-refractivity contribution is 0.626. The molecule has 3 heterocycles. The molecular formula is C23H12F2N4O2S. The molecule has 2 aromatic heterocycles. The lowest BCUT2D eigenvalue weighted by Gasteiger charge is -2.22. The summed E-state index contributed by atoms with van der Waals surface area (Å²) in [6, 6.07) is 13.3. The van der Waals surface area contributed by atoms with Gasteiger partial charge in [0.15, 0.2) is 5.82 Å². The molecule has 6 nitrogen and oxygen atoms in total. The molecule has 9 heteroatoms. The zero-order chi connectivity index (χ0) is 22.4. The third-order valence-corrected chi connectivity index (χ3v) is 6.31. The summed E-state index contributed by atoms with van der Waals surface area (Å²) >= 11 is 1.08. The molecule has 156 valence electrons. The van der Waals surface area contributed by atoms with Crippen LogP contribution in [-0.2, 0) is 0 Å². The predicted octanol–water partition coefficient (Wildman–Crippen LogP) is 1.91. The first kappa shape index (κ1) is 19.8. The average molecular weight is 446 g/mol. The Morgan fingerprint density at radius 1 is 1.06 bits per heavy atom. The molecule has 0 spiro atoms. The Balaban J connectivity index is 1.88. The molecule has 0 amide bonds. The molecule has 2 aromatic carbocycles. The first-order chi connectivity index (χ1) is 15.5. The topological polar surface area (TPSA) is 91.5 Å². The number of hydrogen-bond acceptors (Lipinski definition) is 5. The van der Waals surface area contributed by atoms with E-state index in [-0.39, 0.29) is 17.0 Å². The highest BCUT2D eigenvalue weighted by molar-refractivity contribution is 7.07. The van der Waals surface area contributed by atoms with Crippen molar-refractivity contribution in [3.63, 3.8) is 0 Å². The van der Waals surface area contributed by atoms with Crippen LogP contribution in [0.1, 0.15) is 22.6 Å². The van der Waals surface area contributed by atoms with E-state index in [0.29, 0.717) is 20.3 Å². The molecule has 1 N–H and O–H groups in total. The maximum absolute atomic E-state index is 13.5. The van der Waals surface area contributed by atoms with Crippen LogP contribution in [0.5, 0.6) is 0 Å². The third-order valence-electron chi connectivity index (χ3n) is 5.20. The summed E-state index contributed by atoms with van der Waals surface area (Å²) < 4.78 is 28.6. The summed E-state index contributed by atoms with van der Waals surface area (Å²) in [6.45, 7) is 0. The van der Waals surface area contributed by atoms with Crippen molar-refractivity contribution in [2.45, 2.75) is 5.92 Å². The number of H-pyrrole nitrogens is 1. The molecule has 0 saturated carbocycles. The molecular weight excluding hydrogens is 434 g/mol. The number of benzene rings is 2. The number of nitrogens with one attached hydrogen (secondary N) is 1. The lowest BCUT2D eigenvalue weighted by Crippen LogP contribution is -2.38. The third kappa shape index (κ3) is 3.09. The minimum absolute atomic E-state index is 0.122. The molecule has 1 aliphatic heterocycles. The minimum atomic E-state index is -0.815. The Kier molecular flexibility index (Phi) is 4.64. The van der Waals surface area contributed by atoms with Gasteiger partial charge >= 0.3 is 0 Å². The molecule has 0 saturated heterocycles. The molecule has 5 rings (SSSR count). The van der Waals surface area contributed by atoms with Crippen LogP contribution in [0, 0.1) is 23.0 Å². The smallest absolute Gasteiger partial charge is 0.274 e. The molecule has 1 atom stereocenters. The van der Waals surface area contributed by atoms with Gasteiger partial charge in [-0.2, -0.15) is 5.26 Å². The number of nitrogens with zero attached hydrogens (tertiary/aromatic N) is 3. The molecule has 0 fully saturated rings. The summed E-state index contributed by atoms with van der Waals surface area (Å²) in [6.07, 6.45) is 2.78. The number of nitriles is 1. The largest absolute Gasteiger partial charge is 0.313 e. The first-order valence-electron chi connectivity index (χ1n) is 9.45. The van der Waals surface area contributed by atoms with Gasteiger partial charge in [-0.15, -0.1) is 11.3 Å². The SMILES string of the molecule is N#CC1=c2s/c(=C/c3ccc(F)cc3)c(=O)n2-c2nc[nH]c(=O)c2C1c1ccc(F)cc1. The Labute approximate surface area is 182 Å². The summed E-state index contributed by atoms with van der Waals surface area (Å²) in [5.41, 5.74) is 0.512. The summed E-state index contributed by atoms with van der Waals surface area (Å²) in [4.78, 5) is 32.8. The second-order valence-corrected chi connectivity index (χ2v) is 8.12. The van der Waals surface area contributed by atoms with Gasteiger partial charge in [0.25, 0.3) is 11.1 Å². The minimum Gasteiger partial charge on any atom is -0.313 e. The highest BCUT2D eigenvalue weighted by Gasteiger charge is 2.33. The second kappa shape index (κ2) is 7.51. The number of thiazole rings is 1. The van der Waals surface area contributed by atoms with Gasteiger partial charge in [-0.1, -0.05) is 24.3 Å². The number of hydrogen-bond donors (Lipinski definition) is 1. The predicted molar refractivity (Wildman–Crippen MR) is 115 cm³/mol. The fourth-order valence-corrected chi connectivity index (χ4v) is 4.89. The van der Waals surface area contributed by atoms with Crippen LogP contribution in [0.25, 0.3) is 17.5 Å². The van der Waals surface area contributed by atoms with Crippen molar-refractivity contribution in [1.29, 1.82) is 5.26 Å². The second-order valence-electron chi connectivity index (χ2n) is 7.09. The van der Waals surface area contributed by atoms with Crippen LogP contribution in [0.15, 0.2) is 64.4 Å². The van der Waals surface area contributed by atoms with E-state index in [9.17, 15) is 23.6 Å². The zero-order valence-corrected chi connectivity index (χ0v) is 17.0. The number of halogens is 2. The van der Waals surface area contributed by atoms with Crippen molar-refractivity contribution in [3.8, 4) is 11.9 Å². The fraction of sp³-hybridized carbons (Fsp3) is 0.0435. The highest BCUT2D eigenvalue weighted by atomic mass is 32.1. The van der Waals surface area contributed by atoms with E-state index in [1.54, 1.807) is 6.08 Å². The van der Waals surface area contributed by atoms with E-state index in [4.69, 9.17) is 0 Å². The molecule has 32 heavy (non-hydrogen) atoms. The highest BCUT2D eigenvalue weighted by Crippen LogP contribution is 2.34. The van der Waals surface area contributed by atoms with Crippen LogP contribution in [0.3, 0.4) is 0 Å². The quantitative estimate of drug-likeness (QED) is 0.509. The standard InChI is InChI=1S/C23H12F2N4O2S/c24-14-5-1-12(2-6-14)9-17-22(31)29-20-19(21(30)28-11-27-20)18(16(10-26)23(29)32-17)13-3-7-15(25)8-4-13/h1-9,11,18H,(H,27,28,30)/b17-9+. The van der Waals surface area contributed by atoms with Gasteiger partial charge in [0.05, 0.1) is 34.0 Å². The van der Waals surface area contributed by atoms with Crippen molar-refractivity contribution in [2.24, 2.45) is 0 Å². The first-order valence-corrected chi connectivity index (χ1v) is 10.3. The molecule has 0 bridgehead atoms. The van der Waals surface area contributed by atoms with Gasteiger partial charge in [0.1, 0.15) is 16.3 Å². The van der Waals surface area contributed by atoms with Gasteiger partial charge in [0.2, 0.25) is 0 Å². The zero-order valence-electron chi connectivity index (χ0n) is 16.2. The van der Waals surface area contributed by atoms with Gasteiger partial charge in [0, 0.05) is 0 Å². The van der Waals surface area contributed by atoms with Crippen LogP contribution < -0.4 is 20.3 Å². The van der Waals surface area contributed by atoms with Crippen molar-refractivity contribution < 1.29 is 8.78 Å². The van der Waals surface area contributed by atoms with E-state index in [0.717, 1.165) is 11.3 Å². The van der Waals surface area contributed by atoms with E-state index in [1.807, 2.05) is 0 Å². The van der Waals surface area contributed by atoms with Crippen molar-refractivity contribution in [1.82, 2.24) is 14.5 Å². The molecule has 4 aromatic rings. The van der Waals surface area contributed by atoms with Gasteiger partial charge in [-0.05, 0) is 41.5 Å². The summed E-state index contributed by atoms with van der Waals surface area (Å²) in [7, 11) is 0. The monoisotopic (exact) mass is 446 g/mol. The fourth-order valence-electron chi connectivity index (χ4n) is 3.77. The number of aromatic amines is 1. The lowest BCUT2D eigenvalue weighted by atomic mass is 9.85. The normalized spacial score (nSPS) is 15.2. The number of rotatable bonds is 2. The molecule has 0 radical (unpaired) electrons. The van der Waals surface area contributed by atoms with Crippen molar-refractivity contribution in [3.05, 3.63) is 113 Å². The molecule has 0 aliphatic carbocycles. The molecule has 1 unspecified atom stereocenters. The maximum Gasteiger partial charge on any atom is 0.274 e. The van der Waals surface area contributed by atoms with Crippen molar-refractivity contribution in [2.75, 3.05) is 0 Å². The van der Waals surface area contributed by atoms with E-state index in [1.165, 1.54) is 59.4 Å². The number of aromatic nitrogens is 3. The van der Waals surface area contributed by atoms with Gasteiger partial charge in [-0.3, -0.25) is 9.59 Å². The number of fused-ring (bicyclic) bond motifs is 3. The van der Waals surface area contributed by atoms with Crippen LogP contribution >= 0.6 is 11.3 Å². The average Bonchev–Trinajstić information content (AvgIpc) is 3.11. The van der Waals surface area contributed by atoms with Crippen LogP contribution in [-0.4, -0.2) is 14.5 Å². The van der Waals surface area contributed by atoms with Crippen LogP contribution in [0.4, 0.5) is 8.78 Å². The van der Waals surface area contributed by atoms with E-state index in [2.05, 4.69) is 16.0 Å². The summed E-state index contributed by atoms with van der Waals surface area (Å²) in [5.74, 6) is -1.54. The Morgan fingerprint density at radius 3 is 2.38 bits per heavy atom. The van der Waals surface area contributed by atoms with Crippen molar-refractivity contribution >= 4 is 23.0 Å². The molecule has 1 aliphatic rings.